The lowest BCUT2D eigenvalue weighted by molar-refractivity contribution is 0.112. The highest BCUT2D eigenvalue weighted by molar-refractivity contribution is 5.77. The molecule has 10 heavy (non-hydrogen) atoms. The quantitative estimate of drug-likeness (QED) is 0.406. The van der Waals surface area contributed by atoms with E-state index < -0.39 is 0 Å². The molecule has 0 fully saturated rings. The van der Waals surface area contributed by atoms with E-state index in [0.717, 1.165) is 0 Å². The maximum atomic E-state index is 10.3. The first kappa shape index (κ1) is 6.56. The summed E-state index contributed by atoms with van der Waals surface area (Å²) < 4.78 is 1.49. The van der Waals surface area contributed by atoms with Crippen molar-refractivity contribution in [2.45, 2.75) is 0 Å². The molecule has 50 valence electrons. The van der Waals surface area contributed by atoms with Crippen LogP contribution in [0.4, 0.5) is 0 Å². The lowest BCUT2D eigenvalue weighted by Crippen LogP contribution is -1.94. The average molecular weight is 134 g/mol. The van der Waals surface area contributed by atoms with Crippen LogP contribution in [0.2, 0.25) is 0 Å². The van der Waals surface area contributed by atoms with Gasteiger partial charge in [-0.25, -0.2) is 0 Å². The summed E-state index contributed by atoms with van der Waals surface area (Å²) in [5.74, 6) is 2.36. The molecular weight excluding hydrogens is 128 g/mol. The Balaban J connectivity index is 3.29. The van der Waals surface area contributed by atoms with Gasteiger partial charge in [0.2, 0.25) is 0 Å². The van der Waals surface area contributed by atoms with Crippen LogP contribution >= 0.6 is 0 Å². The fourth-order valence-electron chi connectivity index (χ4n) is 0.718. The van der Waals surface area contributed by atoms with E-state index in [0.29, 0.717) is 17.5 Å². The maximum absolute atomic E-state index is 10.3. The average Bonchev–Trinajstić information content (AvgIpc) is 2.30. The summed E-state index contributed by atoms with van der Waals surface area (Å²) in [4.78, 5) is 10.3. The first-order chi connectivity index (χ1) is 4.79. The molecule has 0 amide bonds. The Hall–Kier alpha value is -1.56. The van der Waals surface area contributed by atoms with E-state index in [-0.39, 0.29) is 0 Å². The molecule has 0 aliphatic heterocycles. The molecular formula is C7H6N2O. The number of hydrogen-bond acceptors (Lipinski definition) is 2. The van der Waals surface area contributed by atoms with Crippen LogP contribution in [0, 0.1) is 12.3 Å². The number of carbonyl (C=O) groups is 1. The van der Waals surface area contributed by atoms with Crippen molar-refractivity contribution in [3.05, 3.63) is 17.5 Å². The van der Waals surface area contributed by atoms with Gasteiger partial charge in [0.1, 0.15) is 5.69 Å². The second-order valence-corrected chi connectivity index (χ2v) is 1.83. The predicted molar refractivity (Wildman–Crippen MR) is 36.5 cm³/mol. The molecule has 0 aliphatic carbocycles. The van der Waals surface area contributed by atoms with Crippen LogP contribution in [-0.4, -0.2) is 16.1 Å². The summed E-state index contributed by atoms with van der Waals surface area (Å²) in [7, 11) is 1.70. The Bertz CT molecular complexity index is 293. The number of aldehydes is 1. The van der Waals surface area contributed by atoms with Gasteiger partial charge in [0, 0.05) is 7.05 Å². The summed E-state index contributed by atoms with van der Waals surface area (Å²) in [6.45, 7) is 0. The van der Waals surface area contributed by atoms with Gasteiger partial charge in [0.05, 0.1) is 11.8 Å². The summed E-state index contributed by atoms with van der Waals surface area (Å²) in [5.41, 5.74) is 0.986. The second kappa shape index (κ2) is 2.36. The molecule has 0 aromatic carbocycles. The Morgan fingerprint density at radius 3 is 3.00 bits per heavy atom. The van der Waals surface area contributed by atoms with Crippen molar-refractivity contribution in [3.8, 4) is 12.3 Å². The minimum atomic E-state index is 0.463. The molecule has 0 N–H and O–H groups in total. The Morgan fingerprint density at radius 1 is 1.90 bits per heavy atom. The van der Waals surface area contributed by atoms with Crippen LogP contribution in [0.1, 0.15) is 16.1 Å². The van der Waals surface area contributed by atoms with Gasteiger partial charge in [-0.15, -0.1) is 6.42 Å². The zero-order chi connectivity index (χ0) is 7.56. The SMILES string of the molecule is C#Cc1c(C=O)cnn1C. The number of hydrogen-bond donors (Lipinski definition) is 0. The Labute approximate surface area is 58.7 Å². The van der Waals surface area contributed by atoms with Crippen molar-refractivity contribution in [1.29, 1.82) is 0 Å². The molecule has 0 atom stereocenters. The van der Waals surface area contributed by atoms with Crippen LogP contribution in [0.5, 0.6) is 0 Å². The van der Waals surface area contributed by atoms with Crippen molar-refractivity contribution in [3.63, 3.8) is 0 Å². The molecule has 1 aromatic heterocycles. The lowest BCUT2D eigenvalue weighted by atomic mass is 10.3. The van der Waals surface area contributed by atoms with Crippen LogP contribution < -0.4 is 0 Å². The van der Waals surface area contributed by atoms with Gasteiger partial charge in [-0.05, 0) is 5.92 Å². The van der Waals surface area contributed by atoms with E-state index >= 15 is 0 Å². The topological polar surface area (TPSA) is 34.9 Å². The minimum Gasteiger partial charge on any atom is -0.298 e. The van der Waals surface area contributed by atoms with Gasteiger partial charge in [0.25, 0.3) is 0 Å². The summed E-state index contributed by atoms with van der Waals surface area (Å²) in [6, 6.07) is 0. The smallest absolute Gasteiger partial charge is 0.154 e. The first-order valence-corrected chi connectivity index (χ1v) is 2.73. The minimum absolute atomic E-state index is 0.463. The van der Waals surface area contributed by atoms with Crippen molar-refractivity contribution in [1.82, 2.24) is 9.78 Å². The fraction of sp³-hybridized carbons (Fsp3) is 0.143. The van der Waals surface area contributed by atoms with E-state index in [1.165, 1.54) is 10.9 Å². The van der Waals surface area contributed by atoms with Gasteiger partial charge in [0.15, 0.2) is 6.29 Å². The highest BCUT2D eigenvalue weighted by atomic mass is 16.1. The molecule has 0 radical (unpaired) electrons. The number of terminal acetylenes is 1. The van der Waals surface area contributed by atoms with Crippen LogP contribution in [0.15, 0.2) is 6.20 Å². The highest BCUT2D eigenvalue weighted by Crippen LogP contribution is 2.00. The van der Waals surface area contributed by atoms with Gasteiger partial charge in [-0.3, -0.25) is 9.48 Å². The third kappa shape index (κ3) is 0.799. The van der Waals surface area contributed by atoms with Gasteiger partial charge >= 0.3 is 0 Å². The number of aromatic nitrogens is 2. The Kier molecular flexibility index (Phi) is 1.55. The zero-order valence-corrected chi connectivity index (χ0v) is 5.53. The van der Waals surface area contributed by atoms with E-state index in [4.69, 9.17) is 6.42 Å². The van der Waals surface area contributed by atoms with Crippen molar-refractivity contribution in [2.75, 3.05) is 0 Å². The van der Waals surface area contributed by atoms with E-state index in [2.05, 4.69) is 11.0 Å². The number of aryl methyl sites for hydroxylation is 1. The molecule has 0 bridgehead atoms. The predicted octanol–water partition coefficient (Wildman–Crippen LogP) is 0.214. The lowest BCUT2D eigenvalue weighted by Gasteiger charge is -1.89. The molecule has 0 unspecified atom stereocenters. The fourth-order valence-corrected chi connectivity index (χ4v) is 0.718. The van der Waals surface area contributed by atoms with Crippen molar-refractivity contribution >= 4 is 6.29 Å². The molecule has 3 nitrogen and oxygen atoms in total. The number of carbonyl (C=O) groups excluding carboxylic acids is 1. The summed E-state index contributed by atoms with van der Waals surface area (Å²) in [5, 5.41) is 3.80. The van der Waals surface area contributed by atoms with Crippen LogP contribution in [-0.2, 0) is 7.05 Å². The van der Waals surface area contributed by atoms with Gasteiger partial charge < -0.3 is 0 Å². The normalized spacial score (nSPS) is 8.80. The third-order valence-electron chi connectivity index (χ3n) is 1.23. The van der Waals surface area contributed by atoms with E-state index in [9.17, 15) is 4.79 Å². The molecule has 0 spiro atoms. The monoisotopic (exact) mass is 134 g/mol. The molecule has 1 heterocycles. The largest absolute Gasteiger partial charge is 0.298 e. The first-order valence-electron chi connectivity index (χ1n) is 2.73. The molecule has 0 aliphatic rings. The van der Waals surface area contributed by atoms with Crippen molar-refractivity contribution in [2.24, 2.45) is 7.05 Å². The third-order valence-corrected chi connectivity index (χ3v) is 1.23. The highest BCUT2D eigenvalue weighted by Gasteiger charge is 2.02. The zero-order valence-electron chi connectivity index (χ0n) is 5.53. The summed E-state index contributed by atoms with van der Waals surface area (Å²) in [6.07, 6.45) is 7.24. The maximum Gasteiger partial charge on any atom is 0.154 e. The Morgan fingerprint density at radius 2 is 2.60 bits per heavy atom. The molecule has 3 heteroatoms. The van der Waals surface area contributed by atoms with Crippen molar-refractivity contribution < 1.29 is 4.79 Å². The molecule has 1 aromatic rings. The van der Waals surface area contributed by atoms with E-state index in [1.54, 1.807) is 7.05 Å². The van der Waals surface area contributed by atoms with Gasteiger partial charge in [-0.1, -0.05) is 0 Å². The molecule has 0 saturated carbocycles. The number of rotatable bonds is 1. The van der Waals surface area contributed by atoms with Crippen LogP contribution in [0.3, 0.4) is 0 Å². The summed E-state index contributed by atoms with van der Waals surface area (Å²) >= 11 is 0. The standard InChI is InChI=1S/C7H6N2O/c1-3-7-6(5-10)4-8-9(7)2/h1,4-5H,2H3. The second-order valence-electron chi connectivity index (χ2n) is 1.83. The van der Waals surface area contributed by atoms with Gasteiger partial charge in [-0.2, -0.15) is 5.10 Å². The molecule has 1 rings (SSSR count). The molecule has 0 saturated heterocycles. The van der Waals surface area contributed by atoms with E-state index in [1.807, 2.05) is 0 Å². The number of nitrogens with zero attached hydrogens (tertiary/aromatic N) is 2. The van der Waals surface area contributed by atoms with Crippen LogP contribution in [0.25, 0.3) is 0 Å².